The Hall–Kier alpha value is -1.53. The van der Waals surface area contributed by atoms with Crippen LogP contribution in [0.3, 0.4) is 0 Å². The zero-order valence-corrected chi connectivity index (χ0v) is 11.0. The minimum Gasteiger partial charge on any atom is -0.326 e. The molecule has 1 heterocycles. The van der Waals surface area contributed by atoms with Gasteiger partial charge in [-0.3, -0.25) is 4.57 Å². The van der Waals surface area contributed by atoms with Crippen LogP contribution in [0.15, 0.2) is 39.1 Å². The molecule has 1 aromatic carbocycles. The van der Waals surface area contributed by atoms with E-state index in [1.54, 1.807) is 4.57 Å². The van der Waals surface area contributed by atoms with Crippen molar-refractivity contribution in [3.63, 3.8) is 0 Å². The fourth-order valence-corrected chi connectivity index (χ4v) is 2.67. The first-order valence-electron chi connectivity index (χ1n) is 5.87. The number of nitrogens with one attached hydrogen (secondary N) is 1. The van der Waals surface area contributed by atoms with Crippen molar-refractivity contribution >= 4 is 11.8 Å². The minimum atomic E-state index is -0.162. The number of H-pyrrole nitrogens is 1. The summed E-state index contributed by atoms with van der Waals surface area (Å²) in [5.41, 5.74) is 6.59. The van der Waals surface area contributed by atoms with Crippen LogP contribution in [0.2, 0.25) is 0 Å². The van der Waals surface area contributed by atoms with Crippen LogP contribution >= 0.6 is 11.8 Å². The maximum Gasteiger partial charge on any atom is 0.343 e. The Labute approximate surface area is 109 Å². The highest BCUT2D eigenvalue weighted by Crippen LogP contribution is 2.28. The molecule has 0 saturated carbocycles. The molecule has 1 aromatic heterocycles. The first kappa shape index (κ1) is 12.9. The van der Waals surface area contributed by atoms with Crippen molar-refractivity contribution in [1.29, 1.82) is 0 Å². The van der Waals surface area contributed by atoms with Gasteiger partial charge in [-0.25, -0.2) is 9.89 Å². The van der Waals surface area contributed by atoms with Crippen molar-refractivity contribution in [3.8, 4) is 0 Å². The van der Waals surface area contributed by atoms with Crippen LogP contribution in [0, 0.1) is 0 Å². The molecule has 0 saturated heterocycles. The van der Waals surface area contributed by atoms with Crippen molar-refractivity contribution in [2.75, 3.05) is 0 Å². The van der Waals surface area contributed by atoms with Gasteiger partial charge in [0.25, 0.3) is 0 Å². The highest BCUT2D eigenvalue weighted by molar-refractivity contribution is 7.99. The number of hydrogen-bond donors (Lipinski definition) is 2. The minimum absolute atomic E-state index is 0.162. The summed E-state index contributed by atoms with van der Waals surface area (Å²) in [6.45, 7) is 3.18. The molecule has 0 radical (unpaired) electrons. The lowest BCUT2D eigenvalue weighted by Crippen LogP contribution is -2.17. The molecule has 0 bridgehead atoms. The molecule has 2 aromatic rings. The summed E-state index contributed by atoms with van der Waals surface area (Å²) in [6.07, 6.45) is 0.894. The van der Waals surface area contributed by atoms with E-state index >= 15 is 0 Å². The third kappa shape index (κ3) is 2.65. The molecule has 5 nitrogen and oxygen atoms in total. The van der Waals surface area contributed by atoms with Gasteiger partial charge in [0.15, 0.2) is 5.16 Å². The van der Waals surface area contributed by atoms with Crippen LogP contribution in [0.25, 0.3) is 0 Å². The Kier molecular flexibility index (Phi) is 4.22. The average Bonchev–Trinajstić information content (AvgIpc) is 2.73. The molecule has 6 heteroatoms. The van der Waals surface area contributed by atoms with Crippen molar-refractivity contribution in [1.82, 2.24) is 14.8 Å². The van der Waals surface area contributed by atoms with E-state index in [4.69, 9.17) is 5.73 Å². The molecule has 0 amide bonds. The number of aromatic amines is 1. The van der Waals surface area contributed by atoms with Crippen molar-refractivity contribution in [3.05, 3.63) is 40.3 Å². The topological polar surface area (TPSA) is 76.7 Å². The van der Waals surface area contributed by atoms with Gasteiger partial charge in [0, 0.05) is 18.0 Å². The second kappa shape index (κ2) is 5.88. The Bertz CT molecular complexity index is 575. The summed E-state index contributed by atoms with van der Waals surface area (Å²) in [6, 6.07) is 7.88. The van der Waals surface area contributed by atoms with Crippen LogP contribution in [0.4, 0.5) is 0 Å². The first-order chi connectivity index (χ1) is 8.76. The molecular weight excluding hydrogens is 248 g/mol. The molecule has 0 fully saturated rings. The van der Waals surface area contributed by atoms with E-state index in [0.29, 0.717) is 18.2 Å². The van der Waals surface area contributed by atoms with Gasteiger partial charge in [-0.05, 0) is 29.8 Å². The smallest absolute Gasteiger partial charge is 0.326 e. The monoisotopic (exact) mass is 264 g/mol. The standard InChI is InChI=1S/C12H16N4OS/c1-2-7-16-11(17)14-15-12(16)18-10-6-4-3-5-9(10)8-13/h3-6H,2,7-8,13H2,1H3,(H,14,17). The van der Waals surface area contributed by atoms with Crippen LogP contribution in [-0.2, 0) is 13.1 Å². The van der Waals surface area contributed by atoms with Crippen molar-refractivity contribution in [2.45, 2.75) is 36.5 Å². The highest BCUT2D eigenvalue weighted by Gasteiger charge is 2.10. The number of aromatic nitrogens is 3. The van der Waals surface area contributed by atoms with E-state index in [2.05, 4.69) is 10.2 Å². The molecule has 0 aliphatic carbocycles. The van der Waals surface area contributed by atoms with E-state index in [1.165, 1.54) is 11.8 Å². The summed E-state index contributed by atoms with van der Waals surface area (Å²) < 4.78 is 1.65. The first-order valence-corrected chi connectivity index (χ1v) is 6.69. The fourth-order valence-electron chi connectivity index (χ4n) is 1.67. The van der Waals surface area contributed by atoms with Gasteiger partial charge in [-0.15, -0.1) is 5.10 Å². The fraction of sp³-hybridized carbons (Fsp3) is 0.333. The molecule has 3 N–H and O–H groups in total. The maximum atomic E-state index is 11.6. The quantitative estimate of drug-likeness (QED) is 0.859. The number of hydrogen-bond acceptors (Lipinski definition) is 4. The highest BCUT2D eigenvalue weighted by atomic mass is 32.2. The molecular formula is C12H16N4OS. The lowest BCUT2D eigenvalue weighted by Gasteiger charge is -2.07. The number of benzene rings is 1. The molecule has 0 spiro atoms. The summed E-state index contributed by atoms with van der Waals surface area (Å²) in [7, 11) is 0. The third-order valence-electron chi connectivity index (χ3n) is 2.56. The molecule has 0 aliphatic rings. The zero-order valence-electron chi connectivity index (χ0n) is 10.2. The van der Waals surface area contributed by atoms with E-state index < -0.39 is 0 Å². The molecule has 18 heavy (non-hydrogen) atoms. The molecule has 0 atom stereocenters. The molecule has 0 unspecified atom stereocenters. The van der Waals surface area contributed by atoms with Crippen LogP contribution in [0.5, 0.6) is 0 Å². The SMILES string of the molecule is CCCn1c(Sc2ccccc2CN)n[nH]c1=O. The Morgan fingerprint density at radius 1 is 1.44 bits per heavy atom. The molecule has 96 valence electrons. The second-order valence-electron chi connectivity index (χ2n) is 3.88. The summed E-state index contributed by atoms with van der Waals surface area (Å²) >= 11 is 1.47. The third-order valence-corrected chi connectivity index (χ3v) is 3.68. The van der Waals surface area contributed by atoms with Crippen molar-refractivity contribution in [2.24, 2.45) is 5.73 Å². The largest absolute Gasteiger partial charge is 0.343 e. The van der Waals surface area contributed by atoms with Crippen LogP contribution in [-0.4, -0.2) is 14.8 Å². The summed E-state index contributed by atoms with van der Waals surface area (Å²) in [5, 5.41) is 7.22. The van der Waals surface area contributed by atoms with Gasteiger partial charge in [-0.2, -0.15) is 0 Å². The van der Waals surface area contributed by atoms with Gasteiger partial charge in [0.1, 0.15) is 0 Å². The predicted molar refractivity (Wildman–Crippen MR) is 71.6 cm³/mol. The van der Waals surface area contributed by atoms with Crippen LogP contribution < -0.4 is 11.4 Å². The Morgan fingerprint density at radius 3 is 2.94 bits per heavy atom. The van der Waals surface area contributed by atoms with Gasteiger partial charge in [0.05, 0.1) is 0 Å². The molecule has 0 aliphatic heterocycles. The van der Waals surface area contributed by atoms with Gasteiger partial charge in [0.2, 0.25) is 0 Å². The van der Waals surface area contributed by atoms with E-state index in [1.807, 2.05) is 31.2 Å². The van der Waals surface area contributed by atoms with Gasteiger partial charge < -0.3 is 5.73 Å². The second-order valence-corrected chi connectivity index (χ2v) is 4.89. The Balaban J connectivity index is 2.31. The summed E-state index contributed by atoms with van der Waals surface area (Å²) in [4.78, 5) is 12.6. The van der Waals surface area contributed by atoms with Crippen LogP contribution in [0.1, 0.15) is 18.9 Å². The lowest BCUT2D eigenvalue weighted by molar-refractivity contribution is 0.604. The van der Waals surface area contributed by atoms with E-state index in [-0.39, 0.29) is 5.69 Å². The normalized spacial score (nSPS) is 10.8. The van der Waals surface area contributed by atoms with E-state index in [0.717, 1.165) is 16.9 Å². The van der Waals surface area contributed by atoms with Gasteiger partial charge >= 0.3 is 5.69 Å². The van der Waals surface area contributed by atoms with Gasteiger partial charge in [-0.1, -0.05) is 25.1 Å². The van der Waals surface area contributed by atoms with Crippen molar-refractivity contribution < 1.29 is 0 Å². The zero-order chi connectivity index (χ0) is 13.0. The average molecular weight is 264 g/mol. The lowest BCUT2D eigenvalue weighted by atomic mass is 10.2. The number of nitrogens with two attached hydrogens (primary N) is 1. The molecule has 2 rings (SSSR count). The van der Waals surface area contributed by atoms with E-state index in [9.17, 15) is 4.79 Å². The number of nitrogens with zero attached hydrogens (tertiary/aromatic N) is 2. The summed E-state index contributed by atoms with van der Waals surface area (Å²) in [5.74, 6) is 0. The predicted octanol–water partition coefficient (Wildman–Crippen LogP) is 1.59. The number of rotatable bonds is 5. The maximum absolute atomic E-state index is 11.6. The Morgan fingerprint density at radius 2 is 2.22 bits per heavy atom.